The van der Waals surface area contributed by atoms with Crippen molar-refractivity contribution in [1.82, 2.24) is 0 Å². The van der Waals surface area contributed by atoms with Crippen LogP contribution in [0.3, 0.4) is 0 Å². The zero-order valence-electron chi connectivity index (χ0n) is 16.8. The molecular formula is C23H21BrFN3O2S. The van der Waals surface area contributed by atoms with Crippen LogP contribution in [0.4, 0.5) is 4.39 Å². The molecule has 0 aliphatic carbocycles. The van der Waals surface area contributed by atoms with Crippen molar-refractivity contribution in [3.05, 3.63) is 93.7 Å². The van der Waals surface area contributed by atoms with Gasteiger partial charge in [-0.3, -0.25) is 0 Å². The van der Waals surface area contributed by atoms with Crippen molar-refractivity contribution in [2.24, 2.45) is 15.9 Å². The van der Waals surface area contributed by atoms with Crippen molar-refractivity contribution in [3.63, 3.8) is 0 Å². The van der Waals surface area contributed by atoms with Crippen molar-refractivity contribution in [2.45, 2.75) is 12.4 Å². The Hall–Kier alpha value is -2.84. The first kappa shape index (κ1) is 22.8. The Kier molecular flexibility index (Phi) is 8.49. The summed E-state index contributed by atoms with van der Waals surface area (Å²) in [4.78, 5) is 0. The maximum absolute atomic E-state index is 13.4. The summed E-state index contributed by atoms with van der Waals surface area (Å²) < 4.78 is 25.3. The molecule has 0 fully saturated rings. The number of methoxy groups -OCH3 is 1. The molecule has 3 rings (SSSR count). The molecule has 5 nitrogen and oxygen atoms in total. The molecule has 160 valence electrons. The van der Waals surface area contributed by atoms with Crippen molar-refractivity contribution >= 4 is 39.1 Å². The van der Waals surface area contributed by atoms with E-state index in [0.717, 1.165) is 22.4 Å². The molecule has 0 unspecified atom stereocenters. The van der Waals surface area contributed by atoms with Gasteiger partial charge < -0.3 is 15.2 Å². The van der Waals surface area contributed by atoms with Gasteiger partial charge in [0.2, 0.25) is 0 Å². The summed E-state index contributed by atoms with van der Waals surface area (Å²) in [7, 11) is 1.55. The lowest BCUT2D eigenvalue weighted by molar-refractivity contribution is 0.282. The SMILES string of the molecule is COc1cc(C=NN=C(N)SCc2ccccc2)cc(Br)c1OCc1cccc(F)c1. The lowest BCUT2D eigenvalue weighted by Gasteiger charge is -2.13. The van der Waals surface area contributed by atoms with Gasteiger partial charge in [0.25, 0.3) is 0 Å². The third kappa shape index (κ3) is 7.11. The Labute approximate surface area is 193 Å². The number of amidine groups is 1. The Morgan fingerprint density at radius 2 is 1.87 bits per heavy atom. The third-order valence-corrected chi connectivity index (χ3v) is 5.56. The fourth-order valence-electron chi connectivity index (χ4n) is 2.65. The number of nitrogens with two attached hydrogens (primary N) is 1. The van der Waals surface area contributed by atoms with E-state index in [0.29, 0.717) is 21.1 Å². The number of halogens is 2. The normalized spacial score (nSPS) is 11.6. The molecule has 0 radical (unpaired) electrons. The van der Waals surface area contributed by atoms with E-state index in [1.54, 1.807) is 31.5 Å². The van der Waals surface area contributed by atoms with E-state index in [2.05, 4.69) is 26.1 Å². The molecule has 31 heavy (non-hydrogen) atoms. The van der Waals surface area contributed by atoms with Gasteiger partial charge in [0.05, 0.1) is 17.8 Å². The number of hydrogen-bond acceptors (Lipinski definition) is 5. The summed E-state index contributed by atoms with van der Waals surface area (Å²) in [5.41, 5.74) is 8.56. The monoisotopic (exact) mass is 501 g/mol. The van der Waals surface area contributed by atoms with E-state index in [1.165, 1.54) is 23.9 Å². The molecule has 0 aromatic heterocycles. The molecule has 0 heterocycles. The van der Waals surface area contributed by atoms with Crippen LogP contribution in [0.15, 0.2) is 81.4 Å². The van der Waals surface area contributed by atoms with Gasteiger partial charge in [-0.1, -0.05) is 54.2 Å². The van der Waals surface area contributed by atoms with Gasteiger partial charge in [-0.05, 0) is 56.9 Å². The first-order chi connectivity index (χ1) is 15.0. The predicted molar refractivity (Wildman–Crippen MR) is 128 cm³/mol. The van der Waals surface area contributed by atoms with Gasteiger partial charge in [-0.2, -0.15) is 5.10 Å². The van der Waals surface area contributed by atoms with Crippen LogP contribution in [0.1, 0.15) is 16.7 Å². The van der Waals surface area contributed by atoms with Gasteiger partial charge in [0.1, 0.15) is 12.4 Å². The molecular weight excluding hydrogens is 481 g/mol. The Morgan fingerprint density at radius 1 is 1.10 bits per heavy atom. The zero-order chi connectivity index (χ0) is 22.1. The van der Waals surface area contributed by atoms with Crippen molar-refractivity contribution in [1.29, 1.82) is 0 Å². The highest BCUT2D eigenvalue weighted by molar-refractivity contribution is 9.10. The van der Waals surface area contributed by atoms with Crippen LogP contribution in [0.25, 0.3) is 0 Å². The number of thioether (sulfide) groups is 1. The summed E-state index contributed by atoms with van der Waals surface area (Å²) in [6.45, 7) is 0.208. The zero-order valence-corrected chi connectivity index (χ0v) is 19.2. The van der Waals surface area contributed by atoms with Crippen LogP contribution < -0.4 is 15.2 Å². The van der Waals surface area contributed by atoms with E-state index < -0.39 is 0 Å². The number of rotatable bonds is 8. The minimum Gasteiger partial charge on any atom is -0.493 e. The number of ether oxygens (including phenoxy) is 2. The van der Waals surface area contributed by atoms with E-state index in [-0.39, 0.29) is 12.4 Å². The smallest absolute Gasteiger partial charge is 0.180 e. The molecule has 0 aliphatic heterocycles. The van der Waals surface area contributed by atoms with Crippen LogP contribution in [0, 0.1) is 5.82 Å². The molecule has 0 saturated heterocycles. The lowest BCUT2D eigenvalue weighted by Crippen LogP contribution is -2.06. The highest BCUT2D eigenvalue weighted by Crippen LogP contribution is 2.36. The van der Waals surface area contributed by atoms with Crippen LogP contribution >= 0.6 is 27.7 Å². The first-order valence-electron chi connectivity index (χ1n) is 9.33. The topological polar surface area (TPSA) is 69.2 Å². The maximum atomic E-state index is 13.4. The third-order valence-electron chi connectivity index (χ3n) is 4.12. The van der Waals surface area contributed by atoms with Crippen LogP contribution in [0.2, 0.25) is 0 Å². The second kappa shape index (κ2) is 11.5. The fraction of sp³-hybridized carbons (Fsp3) is 0.130. The van der Waals surface area contributed by atoms with Crippen molar-refractivity contribution in [2.75, 3.05) is 7.11 Å². The molecule has 3 aromatic carbocycles. The minimum atomic E-state index is -0.305. The second-order valence-electron chi connectivity index (χ2n) is 6.41. The second-order valence-corrected chi connectivity index (χ2v) is 8.26. The van der Waals surface area contributed by atoms with Crippen LogP contribution in [-0.4, -0.2) is 18.5 Å². The molecule has 8 heteroatoms. The number of nitrogens with zero attached hydrogens (tertiary/aromatic N) is 2. The van der Waals surface area contributed by atoms with Gasteiger partial charge >= 0.3 is 0 Å². The van der Waals surface area contributed by atoms with Gasteiger partial charge in [-0.25, -0.2) is 4.39 Å². The first-order valence-corrected chi connectivity index (χ1v) is 11.1. The fourth-order valence-corrected chi connectivity index (χ4v) is 3.84. The lowest BCUT2D eigenvalue weighted by atomic mass is 10.2. The molecule has 2 N–H and O–H groups in total. The molecule has 3 aromatic rings. The van der Waals surface area contributed by atoms with Crippen molar-refractivity contribution in [3.8, 4) is 11.5 Å². The summed E-state index contributed by atoms with van der Waals surface area (Å²) in [6, 6.07) is 19.9. The minimum absolute atomic E-state index is 0.208. The number of benzene rings is 3. The van der Waals surface area contributed by atoms with E-state index >= 15 is 0 Å². The van der Waals surface area contributed by atoms with E-state index in [1.807, 2.05) is 36.4 Å². The summed E-state index contributed by atoms with van der Waals surface area (Å²) in [5, 5.41) is 8.47. The largest absolute Gasteiger partial charge is 0.493 e. The highest BCUT2D eigenvalue weighted by atomic mass is 79.9. The standard InChI is InChI=1S/C23H21BrFN3O2S/c1-29-21-12-18(13-27-28-23(26)31-15-16-6-3-2-4-7-16)11-20(24)22(21)30-14-17-8-5-9-19(25)10-17/h2-13H,14-15H2,1H3,(H2,26,28). The summed E-state index contributed by atoms with van der Waals surface area (Å²) in [5.74, 6) is 1.45. The summed E-state index contributed by atoms with van der Waals surface area (Å²) >= 11 is 4.91. The van der Waals surface area contributed by atoms with Gasteiger partial charge in [0, 0.05) is 5.75 Å². The van der Waals surface area contributed by atoms with Crippen LogP contribution in [-0.2, 0) is 12.4 Å². The van der Waals surface area contributed by atoms with Crippen LogP contribution in [0.5, 0.6) is 11.5 Å². The van der Waals surface area contributed by atoms with E-state index in [9.17, 15) is 4.39 Å². The average Bonchev–Trinajstić information content (AvgIpc) is 2.77. The van der Waals surface area contributed by atoms with E-state index in [4.69, 9.17) is 15.2 Å². The predicted octanol–water partition coefficient (Wildman–Crippen LogP) is 5.76. The Balaban J connectivity index is 1.64. The summed E-state index contributed by atoms with van der Waals surface area (Å²) in [6.07, 6.45) is 1.58. The molecule has 0 bridgehead atoms. The molecule has 0 amide bonds. The van der Waals surface area contributed by atoms with Gasteiger partial charge in [-0.15, -0.1) is 5.10 Å². The Morgan fingerprint density at radius 3 is 2.61 bits per heavy atom. The quantitative estimate of drug-likeness (QED) is 0.242. The average molecular weight is 502 g/mol. The van der Waals surface area contributed by atoms with Crippen molar-refractivity contribution < 1.29 is 13.9 Å². The molecule has 0 aliphatic rings. The maximum Gasteiger partial charge on any atom is 0.180 e. The number of hydrogen-bond donors (Lipinski definition) is 1. The molecule has 0 saturated carbocycles. The molecule has 0 spiro atoms. The highest BCUT2D eigenvalue weighted by Gasteiger charge is 2.12. The van der Waals surface area contributed by atoms with Gasteiger partial charge in [0.15, 0.2) is 16.7 Å². The Bertz CT molecular complexity index is 1080. The molecule has 0 atom stereocenters.